The number of primary amides is 1. The number of nitrogens with one attached hydrogen (secondary N) is 2. The van der Waals surface area contributed by atoms with Crippen molar-refractivity contribution in [2.24, 2.45) is 5.73 Å². The number of rotatable bonds is 4. The fraction of sp³-hybridized carbons (Fsp3) is 0.0667. The number of nitrogens with two attached hydrogens (primary N) is 1. The molecule has 2 aromatic heterocycles. The van der Waals surface area contributed by atoms with Crippen molar-refractivity contribution in [1.82, 2.24) is 9.97 Å². The molecule has 4 N–H and O–H groups in total. The molecule has 100 valence electrons. The van der Waals surface area contributed by atoms with Crippen LogP contribution in [0, 0.1) is 0 Å². The molecule has 0 atom stereocenters. The van der Waals surface area contributed by atoms with Gasteiger partial charge < -0.3 is 16.0 Å². The van der Waals surface area contributed by atoms with Crippen LogP contribution >= 0.6 is 0 Å². The minimum atomic E-state index is -0.436. The first-order valence-electron chi connectivity index (χ1n) is 6.29. The molecule has 0 saturated heterocycles. The van der Waals surface area contributed by atoms with E-state index in [4.69, 9.17) is 5.73 Å². The summed E-state index contributed by atoms with van der Waals surface area (Å²) in [6, 6.07) is 11.1. The second-order valence-electron chi connectivity index (χ2n) is 4.48. The van der Waals surface area contributed by atoms with Gasteiger partial charge in [0.2, 0.25) is 0 Å². The Hall–Kier alpha value is -2.82. The van der Waals surface area contributed by atoms with Crippen molar-refractivity contribution in [3.8, 4) is 0 Å². The van der Waals surface area contributed by atoms with Crippen molar-refractivity contribution in [3.05, 3.63) is 59.9 Å². The smallest absolute Gasteiger partial charge is 0.250 e. The van der Waals surface area contributed by atoms with Gasteiger partial charge in [-0.2, -0.15) is 0 Å². The number of carbonyl (C=O) groups is 1. The van der Waals surface area contributed by atoms with Crippen molar-refractivity contribution < 1.29 is 4.79 Å². The molecule has 20 heavy (non-hydrogen) atoms. The summed E-state index contributed by atoms with van der Waals surface area (Å²) in [5.41, 5.74) is 8.53. The summed E-state index contributed by atoms with van der Waals surface area (Å²) in [5, 5.41) is 4.31. The fourth-order valence-electron chi connectivity index (χ4n) is 2.20. The summed E-state index contributed by atoms with van der Waals surface area (Å²) in [4.78, 5) is 18.7. The Kier molecular flexibility index (Phi) is 3.09. The third-order valence-electron chi connectivity index (χ3n) is 3.20. The van der Waals surface area contributed by atoms with E-state index in [1.54, 1.807) is 18.3 Å². The van der Waals surface area contributed by atoms with E-state index < -0.39 is 5.91 Å². The van der Waals surface area contributed by atoms with Gasteiger partial charge in [0.05, 0.1) is 5.56 Å². The lowest BCUT2D eigenvalue weighted by Crippen LogP contribution is -2.14. The maximum Gasteiger partial charge on any atom is 0.250 e. The van der Waals surface area contributed by atoms with E-state index in [2.05, 4.69) is 15.3 Å². The quantitative estimate of drug-likeness (QED) is 0.677. The molecule has 0 radical (unpaired) electrons. The van der Waals surface area contributed by atoms with Crippen LogP contribution in [0.3, 0.4) is 0 Å². The van der Waals surface area contributed by atoms with Crippen LogP contribution in [0.25, 0.3) is 11.0 Å². The van der Waals surface area contributed by atoms with Crippen LogP contribution < -0.4 is 11.1 Å². The molecule has 5 nitrogen and oxygen atoms in total. The molecule has 3 aromatic rings. The first-order valence-corrected chi connectivity index (χ1v) is 6.29. The molecule has 5 heteroatoms. The lowest BCUT2D eigenvalue weighted by molar-refractivity contribution is 0.100. The lowest BCUT2D eigenvalue weighted by Gasteiger charge is -2.09. The lowest BCUT2D eigenvalue weighted by atomic mass is 10.1. The maximum absolute atomic E-state index is 11.4. The number of H-pyrrole nitrogens is 1. The molecule has 0 aliphatic carbocycles. The summed E-state index contributed by atoms with van der Waals surface area (Å²) in [6.45, 7) is 0.593. The highest BCUT2D eigenvalue weighted by atomic mass is 16.1. The molecule has 0 bridgehead atoms. The maximum atomic E-state index is 11.4. The van der Waals surface area contributed by atoms with E-state index in [0.717, 1.165) is 22.3 Å². The number of nitrogens with zero attached hydrogens (tertiary/aromatic N) is 1. The van der Waals surface area contributed by atoms with Crippen LogP contribution in [-0.2, 0) is 6.54 Å². The zero-order valence-electron chi connectivity index (χ0n) is 10.8. The van der Waals surface area contributed by atoms with E-state index in [-0.39, 0.29) is 0 Å². The van der Waals surface area contributed by atoms with Crippen LogP contribution in [0.15, 0.2) is 48.8 Å². The Morgan fingerprint density at radius 1 is 1.25 bits per heavy atom. The van der Waals surface area contributed by atoms with Gasteiger partial charge in [0.1, 0.15) is 5.65 Å². The van der Waals surface area contributed by atoms with Gasteiger partial charge in [0.25, 0.3) is 5.91 Å². The standard InChI is InChI=1S/C15H14N4O/c16-14(20)12-4-1-2-6-13(12)18-8-10-9-19-15-11(10)5-3-7-17-15/h1-7,9,18H,8H2,(H2,16,20)(H,17,19). The molecular formula is C15H14N4O. The van der Waals surface area contributed by atoms with Crippen LogP contribution in [-0.4, -0.2) is 15.9 Å². The molecule has 0 aliphatic rings. The van der Waals surface area contributed by atoms with Gasteiger partial charge in [-0.15, -0.1) is 0 Å². The molecule has 0 saturated carbocycles. The number of amides is 1. The second kappa shape index (κ2) is 5.05. The van der Waals surface area contributed by atoms with Crippen molar-refractivity contribution >= 4 is 22.6 Å². The Morgan fingerprint density at radius 3 is 2.95 bits per heavy atom. The van der Waals surface area contributed by atoms with Crippen LogP contribution in [0.2, 0.25) is 0 Å². The fourth-order valence-corrected chi connectivity index (χ4v) is 2.20. The van der Waals surface area contributed by atoms with E-state index in [0.29, 0.717) is 12.1 Å². The topological polar surface area (TPSA) is 83.8 Å². The summed E-state index contributed by atoms with van der Waals surface area (Å²) < 4.78 is 0. The number of pyridine rings is 1. The molecule has 0 aliphatic heterocycles. The summed E-state index contributed by atoms with van der Waals surface area (Å²) in [5.74, 6) is -0.436. The monoisotopic (exact) mass is 266 g/mol. The Morgan fingerprint density at radius 2 is 2.10 bits per heavy atom. The van der Waals surface area contributed by atoms with E-state index in [1.165, 1.54) is 0 Å². The second-order valence-corrected chi connectivity index (χ2v) is 4.48. The molecule has 3 rings (SSSR count). The van der Waals surface area contributed by atoms with Crippen LogP contribution in [0.4, 0.5) is 5.69 Å². The van der Waals surface area contributed by atoms with Gasteiger partial charge in [0.15, 0.2) is 0 Å². The normalized spacial score (nSPS) is 10.6. The van der Waals surface area contributed by atoms with Crippen LogP contribution in [0.1, 0.15) is 15.9 Å². The molecule has 0 fully saturated rings. The largest absolute Gasteiger partial charge is 0.380 e. The zero-order chi connectivity index (χ0) is 13.9. The number of para-hydroxylation sites is 1. The minimum Gasteiger partial charge on any atom is -0.380 e. The summed E-state index contributed by atoms with van der Waals surface area (Å²) in [7, 11) is 0. The van der Waals surface area contributed by atoms with Gasteiger partial charge in [-0.05, 0) is 29.8 Å². The number of anilines is 1. The molecule has 2 heterocycles. The Bertz CT molecular complexity index is 763. The average Bonchev–Trinajstić information content (AvgIpc) is 2.88. The molecular weight excluding hydrogens is 252 g/mol. The van der Waals surface area contributed by atoms with Crippen molar-refractivity contribution in [2.75, 3.05) is 5.32 Å². The number of aromatic amines is 1. The van der Waals surface area contributed by atoms with Gasteiger partial charge in [-0.1, -0.05) is 12.1 Å². The molecule has 1 aromatic carbocycles. The highest BCUT2D eigenvalue weighted by molar-refractivity contribution is 5.98. The van der Waals surface area contributed by atoms with Gasteiger partial charge in [-0.3, -0.25) is 4.79 Å². The summed E-state index contributed by atoms with van der Waals surface area (Å²) in [6.07, 6.45) is 3.66. The highest BCUT2D eigenvalue weighted by Crippen LogP contribution is 2.19. The average molecular weight is 266 g/mol. The SMILES string of the molecule is NC(=O)c1ccccc1NCc1c[nH]c2ncccc12. The van der Waals surface area contributed by atoms with E-state index >= 15 is 0 Å². The molecule has 0 unspecified atom stereocenters. The van der Waals surface area contributed by atoms with Crippen LogP contribution in [0.5, 0.6) is 0 Å². The summed E-state index contributed by atoms with van der Waals surface area (Å²) >= 11 is 0. The van der Waals surface area contributed by atoms with Gasteiger partial charge in [0, 0.05) is 30.0 Å². The zero-order valence-corrected chi connectivity index (χ0v) is 10.8. The first-order chi connectivity index (χ1) is 9.75. The number of hydrogen-bond donors (Lipinski definition) is 3. The van der Waals surface area contributed by atoms with E-state index in [1.807, 2.05) is 30.5 Å². The third kappa shape index (κ3) is 2.21. The Balaban J connectivity index is 1.85. The van der Waals surface area contributed by atoms with Gasteiger partial charge in [-0.25, -0.2) is 4.98 Å². The predicted octanol–water partition coefficient (Wildman–Crippen LogP) is 2.27. The molecule has 0 spiro atoms. The van der Waals surface area contributed by atoms with Crippen molar-refractivity contribution in [3.63, 3.8) is 0 Å². The molecule has 1 amide bonds. The number of fused-ring (bicyclic) bond motifs is 1. The number of aromatic nitrogens is 2. The number of benzene rings is 1. The van der Waals surface area contributed by atoms with Gasteiger partial charge >= 0.3 is 0 Å². The Labute approximate surface area is 115 Å². The van der Waals surface area contributed by atoms with Crippen molar-refractivity contribution in [1.29, 1.82) is 0 Å². The first kappa shape index (κ1) is 12.2. The highest BCUT2D eigenvalue weighted by Gasteiger charge is 2.08. The third-order valence-corrected chi connectivity index (χ3v) is 3.20. The number of hydrogen-bond acceptors (Lipinski definition) is 3. The number of carbonyl (C=O) groups excluding carboxylic acids is 1. The minimum absolute atomic E-state index is 0.436. The predicted molar refractivity (Wildman–Crippen MR) is 78.4 cm³/mol. The van der Waals surface area contributed by atoms with Crippen molar-refractivity contribution in [2.45, 2.75) is 6.54 Å². The van der Waals surface area contributed by atoms with E-state index in [9.17, 15) is 4.79 Å².